The van der Waals surface area contributed by atoms with Gasteiger partial charge in [0.1, 0.15) is 12.4 Å². The molecule has 0 radical (unpaired) electrons. The molecule has 168 valence electrons. The molecule has 1 saturated heterocycles. The second kappa shape index (κ2) is 9.77. The smallest absolute Gasteiger partial charge is 0.270 e. The Kier molecular flexibility index (Phi) is 6.81. The van der Waals surface area contributed by atoms with E-state index in [0.29, 0.717) is 26.3 Å². The van der Waals surface area contributed by atoms with E-state index in [1.165, 1.54) is 17.8 Å². The van der Waals surface area contributed by atoms with Gasteiger partial charge in [0.05, 0.1) is 17.7 Å². The van der Waals surface area contributed by atoms with Crippen molar-refractivity contribution >= 4 is 46.0 Å². The Balaban J connectivity index is 1.59. The molecule has 0 unspecified atom stereocenters. The fourth-order valence-corrected chi connectivity index (χ4v) is 4.83. The third kappa shape index (κ3) is 4.94. The average Bonchev–Trinajstić information content (AvgIpc) is 3.06. The van der Waals surface area contributed by atoms with E-state index in [4.69, 9.17) is 21.7 Å². The maximum absolute atomic E-state index is 14.0. The molecule has 0 aliphatic carbocycles. The Morgan fingerprint density at radius 2 is 1.85 bits per heavy atom. The number of aryl methyl sites for hydroxylation is 2. The molecule has 4 nitrogen and oxygen atoms in total. The van der Waals surface area contributed by atoms with E-state index < -0.39 is 0 Å². The van der Waals surface area contributed by atoms with Crippen LogP contribution >= 0.6 is 24.0 Å². The van der Waals surface area contributed by atoms with Crippen LogP contribution in [0.25, 0.3) is 6.08 Å². The summed E-state index contributed by atoms with van der Waals surface area (Å²) in [6, 6.07) is 17.7. The SMILES string of the molecule is COc1ccc(/C=C2/SC(=S)N(c3ccc(C)cc3C)C2=O)cc1OCc1ccccc1F. The van der Waals surface area contributed by atoms with Crippen molar-refractivity contribution in [2.45, 2.75) is 20.5 Å². The summed E-state index contributed by atoms with van der Waals surface area (Å²) in [6.07, 6.45) is 1.78. The summed E-state index contributed by atoms with van der Waals surface area (Å²) in [6.45, 7) is 4.03. The van der Waals surface area contributed by atoms with Gasteiger partial charge in [-0.15, -0.1) is 0 Å². The van der Waals surface area contributed by atoms with Gasteiger partial charge in [-0.2, -0.15) is 0 Å². The third-order valence-corrected chi connectivity index (χ3v) is 6.52. The topological polar surface area (TPSA) is 38.8 Å². The fourth-order valence-electron chi connectivity index (χ4n) is 3.55. The van der Waals surface area contributed by atoms with Crippen molar-refractivity contribution in [3.8, 4) is 11.5 Å². The molecule has 7 heteroatoms. The number of nitrogens with zero attached hydrogens (tertiary/aromatic N) is 1. The Bertz CT molecular complexity index is 1270. The maximum Gasteiger partial charge on any atom is 0.270 e. The van der Waals surface area contributed by atoms with E-state index in [2.05, 4.69) is 0 Å². The van der Waals surface area contributed by atoms with Crippen LogP contribution in [0.3, 0.4) is 0 Å². The van der Waals surface area contributed by atoms with Crippen LogP contribution < -0.4 is 14.4 Å². The zero-order valence-electron chi connectivity index (χ0n) is 18.4. The quantitative estimate of drug-likeness (QED) is 0.301. The Morgan fingerprint density at radius 3 is 2.58 bits per heavy atom. The van der Waals surface area contributed by atoms with Crippen molar-refractivity contribution < 1.29 is 18.7 Å². The lowest BCUT2D eigenvalue weighted by Gasteiger charge is -2.17. The molecule has 1 aliphatic heterocycles. The molecule has 0 bridgehead atoms. The molecule has 1 heterocycles. The average molecular weight is 480 g/mol. The monoisotopic (exact) mass is 479 g/mol. The highest BCUT2D eigenvalue weighted by molar-refractivity contribution is 8.27. The van der Waals surface area contributed by atoms with Gasteiger partial charge in [-0.3, -0.25) is 9.69 Å². The van der Waals surface area contributed by atoms with Crippen LogP contribution in [0.5, 0.6) is 11.5 Å². The first-order valence-electron chi connectivity index (χ1n) is 10.3. The fraction of sp³-hybridized carbons (Fsp3) is 0.154. The minimum absolute atomic E-state index is 0.0568. The molecule has 0 saturated carbocycles. The number of rotatable bonds is 6. The van der Waals surface area contributed by atoms with Crippen molar-refractivity contribution in [3.05, 3.63) is 93.6 Å². The number of hydrogen-bond acceptors (Lipinski definition) is 5. The molecule has 1 amide bonds. The molecular weight excluding hydrogens is 457 g/mol. The molecule has 0 N–H and O–H groups in total. The van der Waals surface area contributed by atoms with Gasteiger partial charge in [0, 0.05) is 5.56 Å². The molecule has 33 heavy (non-hydrogen) atoms. The second-order valence-electron chi connectivity index (χ2n) is 7.60. The lowest BCUT2D eigenvalue weighted by atomic mass is 10.1. The number of methoxy groups -OCH3 is 1. The van der Waals surface area contributed by atoms with E-state index in [1.807, 2.05) is 38.1 Å². The summed E-state index contributed by atoms with van der Waals surface area (Å²) in [5, 5.41) is 0. The lowest BCUT2D eigenvalue weighted by molar-refractivity contribution is -0.113. The number of anilines is 1. The van der Waals surface area contributed by atoms with Crippen molar-refractivity contribution in [1.29, 1.82) is 0 Å². The molecule has 3 aromatic rings. The first-order chi connectivity index (χ1) is 15.9. The number of halogens is 1. The lowest BCUT2D eigenvalue weighted by Crippen LogP contribution is -2.28. The van der Waals surface area contributed by atoms with Gasteiger partial charge < -0.3 is 9.47 Å². The maximum atomic E-state index is 14.0. The normalized spacial score (nSPS) is 14.8. The van der Waals surface area contributed by atoms with Crippen LogP contribution in [0.15, 0.2) is 65.6 Å². The van der Waals surface area contributed by atoms with Crippen LogP contribution in [0.4, 0.5) is 10.1 Å². The molecule has 1 fully saturated rings. The van der Waals surface area contributed by atoms with Gasteiger partial charge in [0.15, 0.2) is 15.8 Å². The zero-order valence-corrected chi connectivity index (χ0v) is 20.1. The number of benzene rings is 3. The first-order valence-corrected chi connectivity index (χ1v) is 11.5. The van der Waals surface area contributed by atoms with E-state index in [1.54, 1.807) is 48.4 Å². The van der Waals surface area contributed by atoms with E-state index >= 15 is 0 Å². The molecule has 3 aromatic carbocycles. The number of ether oxygens (including phenoxy) is 2. The molecule has 4 rings (SSSR count). The van der Waals surface area contributed by atoms with E-state index in [-0.39, 0.29) is 18.3 Å². The van der Waals surface area contributed by atoms with Crippen LogP contribution in [0.2, 0.25) is 0 Å². The van der Waals surface area contributed by atoms with Gasteiger partial charge in [0.25, 0.3) is 5.91 Å². The zero-order chi connectivity index (χ0) is 23.5. The summed E-state index contributed by atoms with van der Waals surface area (Å²) < 4.78 is 25.7. The van der Waals surface area contributed by atoms with Gasteiger partial charge in [-0.1, -0.05) is 65.9 Å². The number of carbonyl (C=O) groups excluding carboxylic acids is 1. The number of thiocarbonyl (C=S) groups is 1. The molecule has 0 atom stereocenters. The Labute approximate surface area is 202 Å². The van der Waals surface area contributed by atoms with Crippen LogP contribution in [0, 0.1) is 19.7 Å². The minimum Gasteiger partial charge on any atom is -0.493 e. The van der Waals surface area contributed by atoms with Crippen molar-refractivity contribution in [2.24, 2.45) is 0 Å². The van der Waals surface area contributed by atoms with Gasteiger partial charge in [-0.05, 0) is 55.3 Å². The molecule has 0 aromatic heterocycles. The number of amides is 1. The molecule has 0 spiro atoms. The van der Waals surface area contributed by atoms with Gasteiger partial charge in [0.2, 0.25) is 0 Å². The predicted octanol–water partition coefficient (Wildman–Crippen LogP) is 6.44. The summed E-state index contributed by atoms with van der Waals surface area (Å²) in [7, 11) is 1.54. The molecule has 1 aliphatic rings. The summed E-state index contributed by atoms with van der Waals surface area (Å²) in [4.78, 5) is 15.3. The van der Waals surface area contributed by atoms with E-state index in [0.717, 1.165) is 22.4 Å². The predicted molar refractivity (Wildman–Crippen MR) is 135 cm³/mol. The second-order valence-corrected chi connectivity index (χ2v) is 9.27. The highest BCUT2D eigenvalue weighted by Crippen LogP contribution is 2.38. The van der Waals surface area contributed by atoms with Crippen LogP contribution in [-0.4, -0.2) is 17.3 Å². The van der Waals surface area contributed by atoms with E-state index in [9.17, 15) is 9.18 Å². The van der Waals surface area contributed by atoms with Crippen molar-refractivity contribution in [2.75, 3.05) is 12.0 Å². The highest BCUT2D eigenvalue weighted by atomic mass is 32.2. The summed E-state index contributed by atoms with van der Waals surface area (Å²) in [5.41, 5.74) is 4.09. The van der Waals surface area contributed by atoms with Crippen LogP contribution in [0.1, 0.15) is 22.3 Å². The standard InChI is InChI=1S/C26H22FNO3S2/c1-16-8-10-21(17(2)12-16)28-25(29)24(33-26(28)32)14-18-9-11-22(30-3)23(13-18)31-15-19-6-4-5-7-20(19)27/h4-14H,15H2,1-3H3/b24-14+. The summed E-state index contributed by atoms with van der Waals surface area (Å²) >= 11 is 6.77. The first kappa shape index (κ1) is 23.0. The molecular formula is C26H22FNO3S2. The Hall–Kier alpha value is -3.16. The highest BCUT2D eigenvalue weighted by Gasteiger charge is 2.34. The number of thioether (sulfide) groups is 1. The van der Waals surface area contributed by atoms with Crippen LogP contribution in [-0.2, 0) is 11.4 Å². The van der Waals surface area contributed by atoms with Crippen molar-refractivity contribution in [1.82, 2.24) is 0 Å². The van der Waals surface area contributed by atoms with Gasteiger partial charge in [-0.25, -0.2) is 4.39 Å². The Morgan fingerprint density at radius 1 is 1.06 bits per heavy atom. The third-order valence-electron chi connectivity index (χ3n) is 5.21. The van der Waals surface area contributed by atoms with Gasteiger partial charge >= 0.3 is 0 Å². The number of carbonyl (C=O) groups is 1. The van der Waals surface area contributed by atoms with Crippen molar-refractivity contribution in [3.63, 3.8) is 0 Å². The summed E-state index contributed by atoms with van der Waals surface area (Å²) in [5.74, 6) is 0.481. The minimum atomic E-state index is -0.331. The largest absolute Gasteiger partial charge is 0.493 e. The number of hydrogen-bond donors (Lipinski definition) is 0.